The molecule has 0 aliphatic rings. The second-order valence-electron chi connectivity index (χ2n) is 5.25. The van der Waals surface area contributed by atoms with E-state index in [0.717, 1.165) is 12.3 Å². The maximum atomic E-state index is 12.6. The molecule has 2 N–H and O–H groups in total. The molecule has 126 valence electrons. The van der Waals surface area contributed by atoms with Crippen molar-refractivity contribution in [3.63, 3.8) is 0 Å². The molecule has 0 saturated carbocycles. The highest BCUT2D eigenvalue weighted by Gasteiger charge is 2.33. The first-order valence-electron chi connectivity index (χ1n) is 6.77. The van der Waals surface area contributed by atoms with Gasteiger partial charge in [0.15, 0.2) is 9.84 Å². The molecule has 0 amide bonds. The second-order valence-corrected chi connectivity index (χ2v) is 7.27. The zero-order chi connectivity index (χ0) is 17.5. The topological polar surface area (TPSA) is 78.6 Å². The lowest BCUT2D eigenvalue weighted by Crippen LogP contribution is -2.04. The Hall–Kier alpha value is -2.55. The average Bonchev–Trinajstić information content (AvgIpc) is 3.15. The van der Waals surface area contributed by atoms with Gasteiger partial charge in [-0.3, -0.25) is 5.10 Å². The minimum atomic E-state index is -4.50. The molecule has 0 bridgehead atoms. The fourth-order valence-corrected chi connectivity index (χ4v) is 2.88. The van der Waals surface area contributed by atoms with E-state index < -0.39 is 21.7 Å². The molecule has 3 aromatic rings. The first kappa shape index (κ1) is 16.3. The molecule has 24 heavy (non-hydrogen) atoms. The summed E-state index contributed by atoms with van der Waals surface area (Å²) in [6.07, 6.45) is -3.39. The SMILES string of the molecule is CS(=O)(=O)c1cccc(-c2ccc(-c3cc(C(F)(F)F)[nH]n3)[nH]2)c1. The van der Waals surface area contributed by atoms with Crippen molar-refractivity contribution < 1.29 is 21.6 Å². The summed E-state index contributed by atoms with van der Waals surface area (Å²) in [5, 5.41) is 5.59. The average molecular weight is 355 g/mol. The summed E-state index contributed by atoms with van der Waals surface area (Å²) in [6.45, 7) is 0. The van der Waals surface area contributed by atoms with Gasteiger partial charge in [-0.15, -0.1) is 0 Å². The summed E-state index contributed by atoms with van der Waals surface area (Å²) in [6, 6.07) is 10.4. The summed E-state index contributed by atoms with van der Waals surface area (Å²) >= 11 is 0. The van der Waals surface area contributed by atoms with E-state index in [2.05, 4.69) is 10.1 Å². The van der Waals surface area contributed by atoms with Gasteiger partial charge in [-0.1, -0.05) is 12.1 Å². The van der Waals surface area contributed by atoms with Crippen molar-refractivity contribution in [1.29, 1.82) is 0 Å². The van der Waals surface area contributed by atoms with Crippen molar-refractivity contribution in [2.45, 2.75) is 11.1 Å². The van der Waals surface area contributed by atoms with E-state index >= 15 is 0 Å². The van der Waals surface area contributed by atoms with Crippen molar-refractivity contribution in [3.8, 4) is 22.6 Å². The van der Waals surface area contributed by atoms with Crippen LogP contribution in [0.3, 0.4) is 0 Å². The largest absolute Gasteiger partial charge is 0.432 e. The zero-order valence-corrected chi connectivity index (χ0v) is 13.2. The van der Waals surface area contributed by atoms with Crippen LogP contribution in [0.5, 0.6) is 0 Å². The quantitative estimate of drug-likeness (QED) is 0.755. The van der Waals surface area contributed by atoms with Crippen molar-refractivity contribution in [2.75, 3.05) is 6.26 Å². The van der Waals surface area contributed by atoms with Gasteiger partial charge in [0.25, 0.3) is 0 Å². The number of aromatic nitrogens is 3. The van der Waals surface area contributed by atoms with Gasteiger partial charge in [-0.25, -0.2) is 8.42 Å². The third-order valence-electron chi connectivity index (χ3n) is 3.42. The van der Waals surface area contributed by atoms with Crippen molar-refractivity contribution in [2.24, 2.45) is 0 Å². The fourth-order valence-electron chi connectivity index (χ4n) is 2.21. The number of halogens is 3. The molecule has 0 radical (unpaired) electrons. The Kier molecular flexibility index (Phi) is 3.75. The van der Waals surface area contributed by atoms with Crippen molar-refractivity contribution in [1.82, 2.24) is 15.2 Å². The maximum Gasteiger partial charge on any atom is 0.432 e. The van der Waals surface area contributed by atoms with E-state index in [4.69, 9.17) is 0 Å². The number of aromatic amines is 2. The molecular formula is C15H12F3N3O2S. The van der Waals surface area contributed by atoms with Gasteiger partial charge >= 0.3 is 6.18 Å². The van der Waals surface area contributed by atoms with E-state index in [-0.39, 0.29) is 10.6 Å². The molecule has 2 heterocycles. The standard InChI is InChI=1S/C15H12F3N3O2S/c1-24(22,23)10-4-2-3-9(7-10)11-5-6-12(19-11)13-8-14(21-20-13)15(16,17)18/h2-8,19H,1H3,(H,20,21). The predicted molar refractivity (Wildman–Crippen MR) is 81.9 cm³/mol. The van der Waals surface area contributed by atoms with Gasteiger partial charge in [-0.2, -0.15) is 18.3 Å². The molecule has 5 nitrogen and oxygen atoms in total. The van der Waals surface area contributed by atoms with Crippen LogP contribution >= 0.6 is 0 Å². The highest BCUT2D eigenvalue weighted by Crippen LogP contribution is 2.31. The zero-order valence-electron chi connectivity index (χ0n) is 12.3. The lowest BCUT2D eigenvalue weighted by atomic mass is 10.2. The fraction of sp³-hybridized carbons (Fsp3) is 0.133. The maximum absolute atomic E-state index is 12.6. The summed E-state index contributed by atoms with van der Waals surface area (Å²) in [5.74, 6) is 0. The van der Waals surface area contributed by atoms with Crippen LogP contribution in [0, 0.1) is 0 Å². The van der Waals surface area contributed by atoms with Crippen LogP contribution in [0.25, 0.3) is 22.6 Å². The molecule has 1 aromatic carbocycles. The molecule has 0 unspecified atom stereocenters. The third kappa shape index (κ3) is 3.21. The number of alkyl halides is 3. The van der Waals surface area contributed by atoms with E-state index in [1.165, 1.54) is 12.1 Å². The molecule has 0 spiro atoms. The van der Waals surface area contributed by atoms with Gasteiger partial charge in [0, 0.05) is 11.9 Å². The number of benzene rings is 1. The number of hydrogen-bond acceptors (Lipinski definition) is 3. The highest BCUT2D eigenvalue weighted by molar-refractivity contribution is 7.90. The Labute approximate surface area is 135 Å². The molecular weight excluding hydrogens is 343 g/mol. The van der Waals surface area contributed by atoms with Gasteiger partial charge in [0.05, 0.1) is 10.6 Å². The second kappa shape index (κ2) is 5.52. The highest BCUT2D eigenvalue weighted by atomic mass is 32.2. The molecule has 0 fully saturated rings. The van der Waals surface area contributed by atoms with Gasteiger partial charge in [0.2, 0.25) is 0 Å². The number of hydrogen-bond donors (Lipinski definition) is 2. The van der Waals surface area contributed by atoms with Crippen LogP contribution in [0.15, 0.2) is 47.4 Å². The van der Waals surface area contributed by atoms with Crippen molar-refractivity contribution in [3.05, 3.63) is 48.2 Å². The lowest BCUT2D eigenvalue weighted by molar-refractivity contribution is -0.141. The van der Waals surface area contributed by atoms with Crippen LogP contribution < -0.4 is 0 Å². The van der Waals surface area contributed by atoms with Crippen LogP contribution in [0.2, 0.25) is 0 Å². The molecule has 9 heteroatoms. The Morgan fingerprint density at radius 2 is 1.75 bits per heavy atom. The molecule has 0 aliphatic heterocycles. The van der Waals surface area contributed by atoms with Crippen LogP contribution in [-0.4, -0.2) is 29.9 Å². The number of H-pyrrole nitrogens is 2. The first-order chi connectivity index (χ1) is 11.1. The van der Waals surface area contributed by atoms with Gasteiger partial charge in [-0.05, 0) is 35.9 Å². The molecule has 3 rings (SSSR count). The Balaban J connectivity index is 1.96. The van der Waals surface area contributed by atoms with E-state index in [9.17, 15) is 21.6 Å². The Morgan fingerprint density at radius 1 is 1.04 bits per heavy atom. The Bertz CT molecular complexity index is 987. The normalized spacial score (nSPS) is 12.5. The number of nitrogens with one attached hydrogen (secondary N) is 2. The van der Waals surface area contributed by atoms with Gasteiger partial charge < -0.3 is 4.98 Å². The lowest BCUT2D eigenvalue weighted by Gasteiger charge is -2.02. The van der Waals surface area contributed by atoms with Gasteiger partial charge in [0.1, 0.15) is 11.4 Å². The van der Waals surface area contributed by atoms with Crippen LogP contribution in [0.1, 0.15) is 5.69 Å². The number of sulfone groups is 1. The number of rotatable bonds is 3. The van der Waals surface area contributed by atoms with E-state index in [0.29, 0.717) is 17.0 Å². The monoisotopic (exact) mass is 355 g/mol. The summed E-state index contributed by atoms with van der Waals surface area (Å²) in [5.41, 5.74) is 0.755. The first-order valence-corrected chi connectivity index (χ1v) is 8.66. The number of nitrogens with zero attached hydrogens (tertiary/aromatic N) is 1. The molecule has 0 saturated heterocycles. The minimum absolute atomic E-state index is 0.118. The van der Waals surface area contributed by atoms with E-state index in [1.54, 1.807) is 24.3 Å². The third-order valence-corrected chi connectivity index (χ3v) is 4.53. The summed E-state index contributed by atoms with van der Waals surface area (Å²) in [4.78, 5) is 3.11. The molecule has 2 aromatic heterocycles. The minimum Gasteiger partial charge on any atom is -0.353 e. The summed E-state index contributed by atoms with van der Waals surface area (Å²) < 4.78 is 61.0. The molecule has 0 aliphatic carbocycles. The predicted octanol–water partition coefficient (Wildman–Crippen LogP) is 3.49. The van der Waals surface area contributed by atoms with Crippen molar-refractivity contribution >= 4 is 9.84 Å². The smallest absolute Gasteiger partial charge is 0.353 e. The summed E-state index contributed by atoms with van der Waals surface area (Å²) in [7, 11) is -3.35. The Morgan fingerprint density at radius 3 is 2.38 bits per heavy atom. The van der Waals surface area contributed by atoms with Crippen LogP contribution in [0.4, 0.5) is 13.2 Å². The van der Waals surface area contributed by atoms with E-state index in [1.807, 2.05) is 5.10 Å². The van der Waals surface area contributed by atoms with Crippen LogP contribution in [-0.2, 0) is 16.0 Å². The molecule has 0 atom stereocenters.